The van der Waals surface area contributed by atoms with Gasteiger partial charge in [-0.3, -0.25) is 10.1 Å². The molecule has 0 bridgehead atoms. The first-order valence-corrected chi connectivity index (χ1v) is 5.35. The first-order chi connectivity index (χ1) is 8.06. The lowest BCUT2D eigenvalue weighted by molar-refractivity contribution is -0.385. The summed E-state index contributed by atoms with van der Waals surface area (Å²) in [6.45, 7) is 1.66. The molecule has 1 fully saturated rings. The van der Waals surface area contributed by atoms with E-state index in [0.717, 1.165) is 25.6 Å². The standard InChI is InChI=1S/C11H13FN2O3/c1-13-5-4-9(7-13)17-11-3-2-8(14(15)16)6-10(11)12/h2-3,6,9H,4-5,7H2,1H3. The number of likely N-dealkylation sites (tertiary alicyclic amines) is 1. The SMILES string of the molecule is CN1CCC(Oc2ccc([N+](=O)[O-])cc2F)C1. The highest BCUT2D eigenvalue weighted by atomic mass is 19.1. The predicted octanol–water partition coefficient (Wildman–Crippen LogP) is 1.82. The third-order valence-electron chi connectivity index (χ3n) is 2.77. The molecule has 17 heavy (non-hydrogen) atoms. The van der Waals surface area contributed by atoms with Crippen LogP contribution in [0, 0.1) is 15.9 Å². The van der Waals surface area contributed by atoms with Gasteiger partial charge in [0.25, 0.3) is 5.69 Å². The molecular formula is C11H13FN2O3. The third-order valence-corrected chi connectivity index (χ3v) is 2.77. The summed E-state index contributed by atoms with van der Waals surface area (Å²) >= 11 is 0. The molecule has 1 aliphatic heterocycles. The summed E-state index contributed by atoms with van der Waals surface area (Å²) in [5, 5.41) is 10.4. The maximum atomic E-state index is 13.5. The largest absolute Gasteiger partial charge is 0.486 e. The van der Waals surface area contributed by atoms with Crippen molar-refractivity contribution in [2.45, 2.75) is 12.5 Å². The number of ether oxygens (including phenoxy) is 1. The first kappa shape index (κ1) is 11.8. The molecule has 0 aromatic heterocycles. The minimum absolute atomic E-state index is 0.0454. The van der Waals surface area contributed by atoms with Crippen molar-refractivity contribution < 1.29 is 14.1 Å². The van der Waals surface area contributed by atoms with Crippen LogP contribution in [0.3, 0.4) is 0 Å². The van der Waals surface area contributed by atoms with Crippen molar-refractivity contribution in [3.63, 3.8) is 0 Å². The summed E-state index contributed by atoms with van der Waals surface area (Å²) in [5.74, 6) is -0.607. The molecular weight excluding hydrogens is 227 g/mol. The fourth-order valence-electron chi connectivity index (χ4n) is 1.87. The first-order valence-electron chi connectivity index (χ1n) is 5.35. The second kappa shape index (κ2) is 4.67. The minimum atomic E-state index is -0.686. The molecule has 0 N–H and O–H groups in total. The molecule has 2 rings (SSSR count). The quantitative estimate of drug-likeness (QED) is 0.597. The Labute approximate surface area is 97.9 Å². The van der Waals surface area contributed by atoms with Gasteiger partial charge in [-0.15, -0.1) is 0 Å². The van der Waals surface area contributed by atoms with E-state index >= 15 is 0 Å². The van der Waals surface area contributed by atoms with E-state index in [9.17, 15) is 14.5 Å². The van der Waals surface area contributed by atoms with Gasteiger partial charge in [0, 0.05) is 19.2 Å². The summed E-state index contributed by atoms with van der Waals surface area (Å²) in [4.78, 5) is 11.9. The molecule has 0 saturated carbocycles. The Morgan fingerprint density at radius 2 is 2.35 bits per heavy atom. The van der Waals surface area contributed by atoms with Gasteiger partial charge in [0.15, 0.2) is 11.6 Å². The molecule has 0 amide bonds. The summed E-state index contributed by atoms with van der Waals surface area (Å²) in [7, 11) is 1.97. The van der Waals surface area contributed by atoms with Crippen LogP contribution in [0.15, 0.2) is 18.2 Å². The van der Waals surface area contributed by atoms with E-state index in [1.165, 1.54) is 12.1 Å². The normalized spacial score (nSPS) is 20.5. The lowest BCUT2D eigenvalue weighted by Gasteiger charge is -2.13. The Kier molecular flexibility index (Phi) is 3.23. The molecule has 1 heterocycles. The summed E-state index contributed by atoms with van der Waals surface area (Å²) in [5.41, 5.74) is -0.265. The Morgan fingerprint density at radius 3 is 2.88 bits per heavy atom. The van der Waals surface area contributed by atoms with Gasteiger partial charge in [-0.1, -0.05) is 0 Å². The van der Waals surface area contributed by atoms with Crippen LogP contribution in [-0.4, -0.2) is 36.1 Å². The molecule has 1 aliphatic rings. The van der Waals surface area contributed by atoms with Gasteiger partial charge in [-0.2, -0.15) is 0 Å². The molecule has 1 aromatic carbocycles. The van der Waals surface area contributed by atoms with Crippen molar-refractivity contribution in [3.05, 3.63) is 34.1 Å². The number of hydrogen-bond donors (Lipinski definition) is 0. The summed E-state index contributed by atoms with van der Waals surface area (Å²) in [6, 6.07) is 3.44. The monoisotopic (exact) mass is 240 g/mol. The van der Waals surface area contributed by atoms with Crippen LogP contribution in [0.4, 0.5) is 10.1 Å². The average Bonchev–Trinajstić information content (AvgIpc) is 2.67. The zero-order chi connectivity index (χ0) is 12.4. The van der Waals surface area contributed by atoms with Crippen molar-refractivity contribution in [1.29, 1.82) is 0 Å². The minimum Gasteiger partial charge on any atom is -0.486 e. The zero-order valence-corrected chi connectivity index (χ0v) is 9.43. The van der Waals surface area contributed by atoms with E-state index in [1.807, 2.05) is 7.05 Å². The number of nitrogens with zero attached hydrogens (tertiary/aromatic N) is 2. The van der Waals surface area contributed by atoms with Gasteiger partial charge in [0.05, 0.1) is 11.0 Å². The van der Waals surface area contributed by atoms with Crippen LogP contribution in [-0.2, 0) is 0 Å². The lowest BCUT2D eigenvalue weighted by Crippen LogP contribution is -2.21. The summed E-state index contributed by atoms with van der Waals surface area (Å²) in [6.07, 6.45) is 0.795. The summed E-state index contributed by atoms with van der Waals surface area (Å²) < 4.78 is 19.0. The second-order valence-corrected chi connectivity index (χ2v) is 4.16. The van der Waals surface area contributed by atoms with Crippen LogP contribution in [0.25, 0.3) is 0 Å². The highest BCUT2D eigenvalue weighted by molar-refractivity contribution is 5.37. The van der Waals surface area contributed by atoms with Crippen molar-refractivity contribution in [1.82, 2.24) is 4.90 Å². The molecule has 92 valence electrons. The van der Waals surface area contributed by atoms with Crippen molar-refractivity contribution >= 4 is 5.69 Å². The molecule has 1 unspecified atom stereocenters. The van der Waals surface area contributed by atoms with Crippen LogP contribution < -0.4 is 4.74 Å². The topological polar surface area (TPSA) is 55.6 Å². The molecule has 0 aliphatic carbocycles. The lowest BCUT2D eigenvalue weighted by atomic mass is 10.2. The van der Waals surface area contributed by atoms with Crippen LogP contribution >= 0.6 is 0 Å². The van der Waals surface area contributed by atoms with E-state index in [4.69, 9.17) is 4.74 Å². The smallest absolute Gasteiger partial charge is 0.272 e. The number of hydrogen-bond acceptors (Lipinski definition) is 4. The molecule has 0 spiro atoms. The van der Waals surface area contributed by atoms with Crippen molar-refractivity contribution in [2.75, 3.05) is 20.1 Å². The number of non-ortho nitro benzene ring substituents is 1. The maximum Gasteiger partial charge on any atom is 0.272 e. The van der Waals surface area contributed by atoms with Gasteiger partial charge < -0.3 is 9.64 Å². The average molecular weight is 240 g/mol. The molecule has 1 atom stereocenters. The van der Waals surface area contributed by atoms with E-state index in [1.54, 1.807) is 0 Å². The highest BCUT2D eigenvalue weighted by Gasteiger charge is 2.22. The molecule has 6 heteroatoms. The fourth-order valence-corrected chi connectivity index (χ4v) is 1.87. The highest BCUT2D eigenvalue weighted by Crippen LogP contribution is 2.25. The maximum absolute atomic E-state index is 13.5. The third kappa shape index (κ3) is 2.71. The predicted molar refractivity (Wildman–Crippen MR) is 59.6 cm³/mol. The Bertz CT molecular complexity index is 439. The number of nitro benzene ring substituents is 1. The van der Waals surface area contributed by atoms with E-state index in [-0.39, 0.29) is 17.5 Å². The number of likely N-dealkylation sites (N-methyl/N-ethyl adjacent to an activating group) is 1. The fraction of sp³-hybridized carbons (Fsp3) is 0.455. The molecule has 1 aromatic rings. The number of nitro groups is 1. The van der Waals surface area contributed by atoms with Gasteiger partial charge in [0.2, 0.25) is 0 Å². The van der Waals surface area contributed by atoms with Gasteiger partial charge in [0.1, 0.15) is 6.10 Å². The van der Waals surface area contributed by atoms with Crippen molar-refractivity contribution in [2.24, 2.45) is 0 Å². The second-order valence-electron chi connectivity index (χ2n) is 4.16. The van der Waals surface area contributed by atoms with E-state index < -0.39 is 10.7 Å². The number of benzene rings is 1. The van der Waals surface area contributed by atoms with Gasteiger partial charge >= 0.3 is 0 Å². The van der Waals surface area contributed by atoms with Crippen LogP contribution in [0.1, 0.15) is 6.42 Å². The molecule has 5 nitrogen and oxygen atoms in total. The van der Waals surface area contributed by atoms with E-state index in [2.05, 4.69) is 4.90 Å². The Morgan fingerprint density at radius 1 is 1.59 bits per heavy atom. The Hall–Kier alpha value is -1.69. The van der Waals surface area contributed by atoms with Gasteiger partial charge in [-0.25, -0.2) is 4.39 Å². The molecule has 0 radical (unpaired) electrons. The molecule has 1 saturated heterocycles. The number of halogens is 1. The van der Waals surface area contributed by atoms with Crippen molar-refractivity contribution in [3.8, 4) is 5.75 Å². The van der Waals surface area contributed by atoms with Crippen LogP contribution in [0.2, 0.25) is 0 Å². The number of rotatable bonds is 3. The zero-order valence-electron chi connectivity index (χ0n) is 9.43. The van der Waals surface area contributed by atoms with Gasteiger partial charge in [-0.05, 0) is 19.5 Å². The van der Waals surface area contributed by atoms with E-state index in [0.29, 0.717) is 0 Å². The Balaban J connectivity index is 2.09. The van der Waals surface area contributed by atoms with Crippen LogP contribution in [0.5, 0.6) is 5.75 Å².